The molecule has 0 unspecified atom stereocenters. The van der Waals surface area contributed by atoms with E-state index < -0.39 is 0 Å². The van der Waals surface area contributed by atoms with Gasteiger partial charge in [-0.25, -0.2) is 0 Å². The molecule has 0 aromatic heterocycles. The molecule has 0 aliphatic carbocycles. The average molecular weight is 381 g/mol. The molecule has 28 heavy (non-hydrogen) atoms. The van der Waals surface area contributed by atoms with Gasteiger partial charge in [0.1, 0.15) is 0 Å². The molecule has 2 aromatic rings. The van der Waals surface area contributed by atoms with E-state index in [2.05, 4.69) is 40.1 Å². The summed E-state index contributed by atoms with van der Waals surface area (Å²) >= 11 is 0. The third kappa shape index (κ3) is 4.03. The van der Waals surface area contributed by atoms with Crippen LogP contribution in [0.15, 0.2) is 54.6 Å². The summed E-state index contributed by atoms with van der Waals surface area (Å²) in [6, 6.07) is 17.6. The van der Waals surface area contributed by atoms with E-state index in [1.165, 1.54) is 5.56 Å². The van der Waals surface area contributed by atoms with Gasteiger partial charge in [0.2, 0.25) is 0 Å². The SMILES string of the molecule is O=[N+]([O-])c1ccc(N2CC[C@@H](O)[C@H](N3CCC(c4ccccc4)CC3)C2)cc1. The molecule has 0 amide bonds. The van der Waals surface area contributed by atoms with Crippen molar-refractivity contribution in [3.8, 4) is 0 Å². The lowest BCUT2D eigenvalue weighted by atomic mass is 9.88. The number of rotatable bonds is 4. The molecule has 6 nitrogen and oxygen atoms in total. The number of likely N-dealkylation sites (tertiary alicyclic amines) is 1. The molecule has 2 aliphatic heterocycles. The molecule has 2 aliphatic rings. The maximum atomic E-state index is 10.9. The summed E-state index contributed by atoms with van der Waals surface area (Å²) in [6.07, 6.45) is 2.64. The number of aliphatic hydroxyl groups is 1. The lowest BCUT2D eigenvalue weighted by Gasteiger charge is -2.45. The Morgan fingerprint density at radius 3 is 2.25 bits per heavy atom. The molecular weight excluding hydrogens is 354 g/mol. The molecule has 2 fully saturated rings. The molecule has 4 rings (SSSR count). The first-order chi connectivity index (χ1) is 13.6. The number of non-ortho nitro benzene ring substituents is 1. The predicted octanol–water partition coefficient (Wildman–Crippen LogP) is 3.41. The van der Waals surface area contributed by atoms with E-state index in [1.54, 1.807) is 12.1 Å². The molecule has 0 spiro atoms. The van der Waals surface area contributed by atoms with Crippen LogP contribution in [0.2, 0.25) is 0 Å². The number of benzene rings is 2. The highest BCUT2D eigenvalue weighted by molar-refractivity contribution is 5.51. The topological polar surface area (TPSA) is 69.8 Å². The average Bonchev–Trinajstić information content (AvgIpc) is 2.75. The number of aliphatic hydroxyl groups excluding tert-OH is 1. The first-order valence-corrected chi connectivity index (χ1v) is 10.1. The fourth-order valence-electron chi connectivity index (χ4n) is 4.59. The van der Waals surface area contributed by atoms with Gasteiger partial charge in [-0.2, -0.15) is 0 Å². The van der Waals surface area contributed by atoms with Crippen LogP contribution in [-0.2, 0) is 0 Å². The second kappa shape index (κ2) is 8.29. The Hall–Kier alpha value is -2.44. The number of anilines is 1. The lowest BCUT2D eigenvalue weighted by Crippen LogP contribution is -2.57. The van der Waals surface area contributed by atoms with Crippen molar-refractivity contribution in [2.45, 2.75) is 37.3 Å². The summed E-state index contributed by atoms with van der Waals surface area (Å²) in [5.74, 6) is 0.601. The first kappa shape index (κ1) is 18.9. The minimum Gasteiger partial charge on any atom is -0.391 e. The Bertz CT molecular complexity index is 788. The van der Waals surface area contributed by atoms with Crippen molar-refractivity contribution in [2.75, 3.05) is 31.1 Å². The van der Waals surface area contributed by atoms with Gasteiger partial charge in [0, 0.05) is 30.9 Å². The van der Waals surface area contributed by atoms with Crippen LogP contribution in [0.4, 0.5) is 11.4 Å². The van der Waals surface area contributed by atoms with Crippen molar-refractivity contribution in [3.05, 3.63) is 70.3 Å². The zero-order valence-electron chi connectivity index (χ0n) is 16.0. The zero-order valence-corrected chi connectivity index (χ0v) is 16.0. The zero-order chi connectivity index (χ0) is 19.5. The summed E-state index contributed by atoms with van der Waals surface area (Å²) in [5, 5.41) is 21.5. The Morgan fingerprint density at radius 2 is 1.61 bits per heavy atom. The van der Waals surface area contributed by atoms with Gasteiger partial charge in [-0.15, -0.1) is 0 Å². The Morgan fingerprint density at radius 1 is 0.929 bits per heavy atom. The van der Waals surface area contributed by atoms with E-state index in [4.69, 9.17) is 0 Å². The van der Waals surface area contributed by atoms with Gasteiger partial charge in [0.25, 0.3) is 5.69 Å². The summed E-state index contributed by atoms with van der Waals surface area (Å²) in [5.41, 5.74) is 2.51. The van der Waals surface area contributed by atoms with Crippen molar-refractivity contribution in [3.63, 3.8) is 0 Å². The minimum absolute atomic E-state index is 0.111. The van der Waals surface area contributed by atoms with Crippen LogP contribution in [0, 0.1) is 10.1 Å². The molecule has 2 saturated heterocycles. The van der Waals surface area contributed by atoms with Crippen LogP contribution in [-0.4, -0.2) is 53.3 Å². The summed E-state index contributed by atoms with van der Waals surface area (Å²) in [6.45, 7) is 3.52. The van der Waals surface area contributed by atoms with E-state index >= 15 is 0 Å². The van der Waals surface area contributed by atoms with Crippen molar-refractivity contribution < 1.29 is 10.0 Å². The molecule has 0 radical (unpaired) electrons. The molecule has 0 saturated carbocycles. The predicted molar refractivity (Wildman–Crippen MR) is 110 cm³/mol. The van der Waals surface area contributed by atoms with E-state index in [9.17, 15) is 15.2 Å². The normalized spacial score (nSPS) is 24.2. The maximum absolute atomic E-state index is 10.9. The van der Waals surface area contributed by atoms with E-state index in [0.29, 0.717) is 5.92 Å². The van der Waals surface area contributed by atoms with Crippen LogP contribution in [0.5, 0.6) is 0 Å². The van der Waals surface area contributed by atoms with E-state index in [1.807, 2.05) is 12.1 Å². The maximum Gasteiger partial charge on any atom is 0.269 e. The summed E-state index contributed by atoms with van der Waals surface area (Å²) < 4.78 is 0. The van der Waals surface area contributed by atoms with Crippen LogP contribution >= 0.6 is 0 Å². The third-order valence-corrected chi connectivity index (χ3v) is 6.24. The van der Waals surface area contributed by atoms with Crippen molar-refractivity contribution in [1.29, 1.82) is 0 Å². The molecule has 6 heteroatoms. The molecule has 148 valence electrons. The van der Waals surface area contributed by atoms with Gasteiger partial charge in [-0.3, -0.25) is 15.0 Å². The molecular formula is C22H27N3O3. The Balaban J connectivity index is 1.39. The second-order valence-electron chi connectivity index (χ2n) is 7.86. The number of nitrogens with zero attached hydrogens (tertiary/aromatic N) is 3. The van der Waals surface area contributed by atoms with Gasteiger partial charge in [-0.1, -0.05) is 30.3 Å². The molecule has 1 N–H and O–H groups in total. The number of nitro groups is 1. The van der Waals surface area contributed by atoms with Gasteiger partial charge in [0.15, 0.2) is 0 Å². The molecule has 2 heterocycles. The quantitative estimate of drug-likeness (QED) is 0.649. The first-order valence-electron chi connectivity index (χ1n) is 10.1. The van der Waals surface area contributed by atoms with Crippen LogP contribution in [0.3, 0.4) is 0 Å². The number of piperidine rings is 2. The van der Waals surface area contributed by atoms with Crippen molar-refractivity contribution in [1.82, 2.24) is 4.90 Å². The molecule has 2 aromatic carbocycles. The van der Waals surface area contributed by atoms with Crippen LogP contribution in [0.25, 0.3) is 0 Å². The smallest absolute Gasteiger partial charge is 0.269 e. The van der Waals surface area contributed by atoms with E-state index in [-0.39, 0.29) is 22.8 Å². The van der Waals surface area contributed by atoms with E-state index in [0.717, 1.165) is 51.1 Å². The fraction of sp³-hybridized carbons (Fsp3) is 0.455. The number of nitro benzene ring substituents is 1. The highest BCUT2D eigenvalue weighted by Gasteiger charge is 2.34. The highest BCUT2D eigenvalue weighted by atomic mass is 16.6. The molecule has 0 bridgehead atoms. The summed E-state index contributed by atoms with van der Waals surface area (Å²) in [7, 11) is 0. The van der Waals surface area contributed by atoms with Crippen molar-refractivity contribution >= 4 is 11.4 Å². The third-order valence-electron chi connectivity index (χ3n) is 6.24. The van der Waals surface area contributed by atoms with Crippen LogP contribution < -0.4 is 4.90 Å². The van der Waals surface area contributed by atoms with Crippen molar-refractivity contribution in [2.24, 2.45) is 0 Å². The van der Waals surface area contributed by atoms with Crippen LogP contribution in [0.1, 0.15) is 30.7 Å². The van der Waals surface area contributed by atoms with Gasteiger partial charge in [0.05, 0.1) is 17.1 Å². The monoisotopic (exact) mass is 381 g/mol. The van der Waals surface area contributed by atoms with Gasteiger partial charge < -0.3 is 10.0 Å². The lowest BCUT2D eigenvalue weighted by molar-refractivity contribution is -0.384. The number of hydrogen-bond acceptors (Lipinski definition) is 5. The molecule has 2 atom stereocenters. The minimum atomic E-state index is -0.372. The second-order valence-corrected chi connectivity index (χ2v) is 7.86. The fourth-order valence-corrected chi connectivity index (χ4v) is 4.59. The largest absolute Gasteiger partial charge is 0.391 e. The Kier molecular flexibility index (Phi) is 5.59. The highest BCUT2D eigenvalue weighted by Crippen LogP contribution is 2.31. The van der Waals surface area contributed by atoms with Gasteiger partial charge >= 0.3 is 0 Å². The Labute approximate surface area is 165 Å². The van der Waals surface area contributed by atoms with Gasteiger partial charge in [-0.05, 0) is 56.0 Å². The summed E-state index contributed by atoms with van der Waals surface area (Å²) in [4.78, 5) is 15.2. The number of hydrogen-bond donors (Lipinski definition) is 1. The standard InChI is InChI=1S/C22H27N3O3/c26-22-12-15-24(19-6-8-20(9-7-19)25(27)28)16-21(22)23-13-10-18(11-14-23)17-4-2-1-3-5-17/h1-9,18,21-22,26H,10-16H2/t21-,22-/m1/s1.